The van der Waals surface area contributed by atoms with Crippen molar-refractivity contribution in [2.45, 2.75) is 39.2 Å². The number of nitrogens with zero attached hydrogens (tertiary/aromatic N) is 3. The Balaban J connectivity index is 1.43. The Kier molecular flexibility index (Phi) is 8.72. The van der Waals surface area contributed by atoms with E-state index >= 15 is 0 Å². The Morgan fingerprint density at radius 2 is 1.48 bits per heavy atom. The van der Waals surface area contributed by atoms with E-state index in [2.05, 4.69) is 29.0 Å². The molecule has 2 aliphatic heterocycles. The predicted octanol–water partition coefficient (Wildman–Crippen LogP) is 2.14. The van der Waals surface area contributed by atoms with Crippen LogP contribution in [-0.4, -0.2) is 86.0 Å². The van der Waals surface area contributed by atoms with Crippen LogP contribution >= 0.6 is 0 Å². The summed E-state index contributed by atoms with van der Waals surface area (Å²) >= 11 is 0. The highest BCUT2D eigenvalue weighted by molar-refractivity contribution is 5.79. The minimum absolute atomic E-state index is 0.0261. The Morgan fingerprint density at radius 1 is 0.903 bits per heavy atom. The highest BCUT2D eigenvalue weighted by Gasteiger charge is 2.25. The molecule has 1 N–H and O–H groups in total. The van der Waals surface area contributed by atoms with Crippen molar-refractivity contribution in [2.24, 2.45) is 5.92 Å². The van der Waals surface area contributed by atoms with Crippen molar-refractivity contribution in [3.05, 3.63) is 29.8 Å². The van der Waals surface area contributed by atoms with Crippen LogP contribution in [0.25, 0.3) is 0 Å². The van der Waals surface area contributed by atoms with Gasteiger partial charge in [0.05, 0.1) is 26.2 Å². The van der Waals surface area contributed by atoms with Gasteiger partial charge in [0.15, 0.2) is 0 Å². The third kappa shape index (κ3) is 6.94. The van der Waals surface area contributed by atoms with E-state index in [-0.39, 0.29) is 23.8 Å². The molecule has 2 heterocycles. The predicted molar refractivity (Wildman–Crippen MR) is 122 cm³/mol. The first kappa shape index (κ1) is 23.5. The van der Waals surface area contributed by atoms with Crippen molar-refractivity contribution < 1.29 is 14.3 Å². The molecule has 1 atom stereocenters. The second kappa shape index (κ2) is 11.5. The molecular formula is C24H38N4O3. The van der Waals surface area contributed by atoms with Crippen LogP contribution in [0.2, 0.25) is 0 Å². The number of hydrogen-bond acceptors (Lipinski definition) is 5. The van der Waals surface area contributed by atoms with Gasteiger partial charge in [0, 0.05) is 39.3 Å². The second-order valence-corrected chi connectivity index (χ2v) is 9.06. The topological polar surface area (TPSA) is 65.1 Å². The van der Waals surface area contributed by atoms with E-state index in [0.717, 1.165) is 63.4 Å². The number of nitrogens with one attached hydrogen (secondary N) is 1. The zero-order chi connectivity index (χ0) is 22.2. The number of benzene rings is 1. The molecule has 31 heavy (non-hydrogen) atoms. The highest BCUT2D eigenvalue weighted by atomic mass is 16.5. The standard InChI is InChI=1S/C24H38N4O3/c1-19(2)24(20-7-9-21(31-3)10-8-20)25-22(29)17-26-13-15-27(16-14-26)18-23(30)28-11-5-4-6-12-28/h7-10,19,24H,4-6,11-18H2,1-3H3,(H,25,29)/t24-/m1/s1. The van der Waals surface area contributed by atoms with Gasteiger partial charge in [0.25, 0.3) is 0 Å². The molecule has 0 saturated carbocycles. The molecule has 1 aromatic carbocycles. The lowest BCUT2D eigenvalue weighted by molar-refractivity contribution is -0.134. The fraction of sp³-hybridized carbons (Fsp3) is 0.667. The Labute approximate surface area is 186 Å². The maximum Gasteiger partial charge on any atom is 0.236 e. The van der Waals surface area contributed by atoms with Crippen LogP contribution in [0.5, 0.6) is 5.75 Å². The lowest BCUT2D eigenvalue weighted by Gasteiger charge is -2.36. The van der Waals surface area contributed by atoms with Gasteiger partial charge in [0.1, 0.15) is 5.75 Å². The van der Waals surface area contributed by atoms with E-state index in [1.165, 1.54) is 6.42 Å². The van der Waals surface area contributed by atoms with Gasteiger partial charge in [-0.25, -0.2) is 0 Å². The van der Waals surface area contributed by atoms with Gasteiger partial charge in [-0.15, -0.1) is 0 Å². The minimum Gasteiger partial charge on any atom is -0.497 e. The molecule has 0 aliphatic carbocycles. The molecule has 3 rings (SSSR count). The normalized spacial score (nSPS) is 19.3. The number of rotatable bonds is 8. The number of piperidine rings is 1. The molecule has 0 unspecified atom stereocenters. The molecular weight excluding hydrogens is 392 g/mol. The number of carbonyl (C=O) groups excluding carboxylic acids is 2. The molecule has 7 heteroatoms. The number of piperazine rings is 1. The van der Waals surface area contributed by atoms with Crippen LogP contribution in [-0.2, 0) is 9.59 Å². The molecule has 7 nitrogen and oxygen atoms in total. The zero-order valence-electron chi connectivity index (χ0n) is 19.3. The average molecular weight is 431 g/mol. The van der Waals surface area contributed by atoms with Gasteiger partial charge in [-0.2, -0.15) is 0 Å². The fourth-order valence-electron chi connectivity index (χ4n) is 4.41. The summed E-state index contributed by atoms with van der Waals surface area (Å²) in [6.45, 7) is 10.2. The van der Waals surface area contributed by atoms with E-state index in [0.29, 0.717) is 13.1 Å². The number of hydrogen-bond donors (Lipinski definition) is 1. The van der Waals surface area contributed by atoms with Crippen LogP contribution in [0.3, 0.4) is 0 Å². The van der Waals surface area contributed by atoms with Crippen LogP contribution in [0, 0.1) is 5.92 Å². The smallest absolute Gasteiger partial charge is 0.236 e. The average Bonchev–Trinajstić information content (AvgIpc) is 2.79. The highest BCUT2D eigenvalue weighted by Crippen LogP contribution is 2.24. The SMILES string of the molecule is COc1ccc([C@H](NC(=O)CN2CCN(CC(=O)N3CCCCC3)CC2)C(C)C)cc1. The third-order valence-electron chi connectivity index (χ3n) is 6.36. The largest absolute Gasteiger partial charge is 0.497 e. The van der Waals surface area contributed by atoms with E-state index < -0.39 is 0 Å². The Bertz CT molecular complexity index is 708. The lowest BCUT2D eigenvalue weighted by Crippen LogP contribution is -2.52. The maximum absolute atomic E-state index is 12.7. The maximum atomic E-state index is 12.7. The molecule has 0 spiro atoms. The first-order valence-electron chi connectivity index (χ1n) is 11.6. The minimum atomic E-state index is -0.0261. The summed E-state index contributed by atoms with van der Waals surface area (Å²) in [4.78, 5) is 31.6. The number of methoxy groups -OCH3 is 1. The Morgan fingerprint density at radius 3 is 2.03 bits per heavy atom. The third-order valence-corrected chi connectivity index (χ3v) is 6.36. The van der Waals surface area contributed by atoms with Crippen LogP contribution < -0.4 is 10.1 Å². The van der Waals surface area contributed by atoms with Gasteiger partial charge >= 0.3 is 0 Å². The van der Waals surface area contributed by atoms with Crippen LogP contribution in [0.15, 0.2) is 24.3 Å². The zero-order valence-corrected chi connectivity index (χ0v) is 19.3. The monoisotopic (exact) mass is 430 g/mol. The molecule has 0 aromatic heterocycles. The van der Waals surface area contributed by atoms with Crippen molar-refractivity contribution in [3.63, 3.8) is 0 Å². The first-order valence-corrected chi connectivity index (χ1v) is 11.6. The summed E-state index contributed by atoms with van der Waals surface area (Å²) in [7, 11) is 1.65. The van der Waals surface area contributed by atoms with Crippen molar-refractivity contribution >= 4 is 11.8 Å². The number of amides is 2. The first-order chi connectivity index (χ1) is 15.0. The van der Waals surface area contributed by atoms with E-state index in [1.54, 1.807) is 7.11 Å². The van der Waals surface area contributed by atoms with Gasteiger partial charge in [0.2, 0.25) is 11.8 Å². The van der Waals surface area contributed by atoms with Crippen molar-refractivity contribution in [1.29, 1.82) is 0 Å². The van der Waals surface area contributed by atoms with E-state index in [1.807, 2.05) is 29.2 Å². The van der Waals surface area contributed by atoms with Gasteiger partial charge in [-0.3, -0.25) is 19.4 Å². The summed E-state index contributed by atoms with van der Waals surface area (Å²) in [5.74, 6) is 1.40. The molecule has 2 saturated heterocycles. The molecule has 2 aliphatic rings. The van der Waals surface area contributed by atoms with Crippen molar-refractivity contribution in [3.8, 4) is 5.75 Å². The molecule has 2 fully saturated rings. The molecule has 1 aromatic rings. The van der Waals surface area contributed by atoms with E-state index in [4.69, 9.17) is 4.74 Å². The summed E-state index contributed by atoms with van der Waals surface area (Å²) in [6, 6.07) is 7.87. The molecule has 172 valence electrons. The summed E-state index contributed by atoms with van der Waals surface area (Å²) < 4.78 is 5.24. The Hall–Kier alpha value is -2.12. The lowest BCUT2D eigenvalue weighted by atomic mass is 9.96. The van der Waals surface area contributed by atoms with Crippen LogP contribution in [0.1, 0.15) is 44.7 Å². The van der Waals surface area contributed by atoms with Crippen molar-refractivity contribution in [2.75, 3.05) is 59.5 Å². The summed E-state index contributed by atoms with van der Waals surface area (Å²) in [5, 5.41) is 3.21. The molecule has 0 radical (unpaired) electrons. The summed E-state index contributed by atoms with van der Waals surface area (Å²) in [6.07, 6.45) is 3.49. The van der Waals surface area contributed by atoms with Gasteiger partial charge in [-0.1, -0.05) is 26.0 Å². The fourth-order valence-corrected chi connectivity index (χ4v) is 4.41. The van der Waals surface area contributed by atoms with Gasteiger partial charge in [-0.05, 0) is 42.9 Å². The number of likely N-dealkylation sites (tertiary alicyclic amines) is 1. The van der Waals surface area contributed by atoms with Crippen molar-refractivity contribution in [1.82, 2.24) is 20.0 Å². The van der Waals surface area contributed by atoms with Gasteiger partial charge < -0.3 is 15.0 Å². The molecule has 2 amide bonds. The number of carbonyl (C=O) groups is 2. The second-order valence-electron chi connectivity index (χ2n) is 9.06. The van der Waals surface area contributed by atoms with Crippen LogP contribution in [0.4, 0.5) is 0 Å². The number of ether oxygens (including phenoxy) is 1. The van der Waals surface area contributed by atoms with E-state index in [9.17, 15) is 9.59 Å². The summed E-state index contributed by atoms with van der Waals surface area (Å²) in [5.41, 5.74) is 1.09. The quantitative estimate of drug-likeness (QED) is 0.685. The molecule has 0 bridgehead atoms.